The summed E-state index contributed by atoms with van der Waals surface area (Å²) in [6.45, 7) is 0.371. The van der Waals surface area contributed by atoms with E-state index in [1.165, 1.54) is 4.57 Å². The molecular formula is C9H7NO3S. The lowest BCUT2D eigenvalue weighted by atomic mass is 10.4. The van der Waals surface area contributed by atoms with Crippen molar-refractivity contribution >= 4 is 17.6 Å². The molecule has 0 aromatic carbocycles. The van der Waals surface area contributed by atoms with Gasteiger partial charge in [-0.1, -0.05) is 11.3 Å². The molecule has 0 radical (unpaired) electrons. The summed E-state index contributed by atoms with van der Waals surface area (Å²) in [6.07, 6.45) is 2.33. The first-order chi connectivity index (χ1) is 6.79. The number of carbonyl (C=O) groups excluding carboxylic acids is 1. The van der Waals surface area contributed by atoms with E-state index in [0.29, 0.717) is 18.6 Å². The third-order valence-corrected chi connectivity index (χ3v) is 2.46. The van der Waals surface area contributed by atoms with Gasteiger partial charge < -0.3 is 4.42 Å². The number of rotatable bonds is 3. The highest BCUT2D eigenvalue weighted by molar-refractivity contribution is 7.07. The van der Waals surface area contributed by atoms with Gasteiger partial charge in [-0.25, -0.2) is 0 Å². The first-order valence-electron chi connectivity index (χ1n) is 3.97. The van der Waals surface area contributed by atoms with E-state index >= 15 is 0 Å². The summed E-state index contributed by atoms with van der Waals surface area (Å²) in [6, 6.07) is 3.27. The molecule has 2 aromatic rings. The summed E-state index contributed by atoms with van der Waals surface area (Å²) in [5.74, 6) is 0.885. The molecule has 2 aromatic heterocycles. The number of hydrogen-bond donors (Lipinski definition) is 0. The second-order valence-corrected chi connectivity index (χ2v) is 3.58. The van der Waals surface area contributed by atoms with Crippen molar-refractivity contribution in [3.05, 3.63) is 44.9 Å². The normalized spacial score (nSPS) is 10.3. The zero-order valence-electron chi connectivity index (χ0n) is 7.17. The maximum absolute atomic E-state index is 11.2. The van der Waals surface area contributed by atoms with E-state index in [0.717, 1.165) is 11.3 Å². The molecule has 0 fully saturated rings. The molecule has 0 aliphatic heterocycles. The summed E-state index contributed by atoms with van der Waals surface area (Å²) in [7, 11) is 0. The van der Waals surface area contributed by atoms with Crippen molar-refractivity contribution in [2.75, 3.05) is 0 Å². The predicted octanol–water partition coefficient (Wildman–Crippen LogP) is 1.36. The minimum atomic E-state index is -0.0333. The van der Waals surface area contributed by atoms with Gasteiger partial charge in [0.05, 0.1) is 6.54 Å². The van der Waals surface area contributed by atoms with Gasteiger partial charge in [-0.2, -0.15) is 0 Å². The lowest BCUT2D eigenvalue weighted by molar-refractivity contribution is 0.109. The largest absolute Gasteiger partial charge is 0.456 e. The molecule has 0 amide bonds. The zero-order valence-corrected chi connectivity index (χ0v) is 7.99. The lowest BCUT2D eigenvalue weighted by Gasteiger charge is -1.95. The van der Waals surface area contributed by atoms with Crippen molar-refractivity contribution in [1.29, 1.82) is 0 Å². The molecule has 2 rings (SSSR count). The molecule has 0 saturated heterocycles. The molecule has 0 aliphatic rings. The zero-order chi connectivity index (χ0) is 9.97. The van der Waals surface area contributed by atoms with E-state index in [2.05, 4.69) is 0 Å². The van der Waals surface area contributed by atoms with Crippen LogP contribution in [0.15, 0.2) is 32.9 Å². The van der Waals surface area contributed by atoms with Crippen molar-refractivity contribution < 1.29 is 9.21 Å². The van der Waals surface area contributed by atoms with E-state index < -0.39 is 0 Å². The van der Waals surface area contributed by atoms with Crippen molar-refractivity contribution in [1.82, 2.24) is 4.57 Å². The topological polar surface area (TPSA) is 52.2 Å². The molecule has 0 unspecified atom stereocenters. The third-order valence-electron chi connectivity index (χ3n) is 1.77. The Morgan fingerprint density at radius 3 is 2.93 bits per heavy atom. The SMILES string of the molecule is O=Cc1ccc(Cn2ccsc2=O)o1. The average molecular weight is 209 g/mol. The fraction of sp³-hybridized carbons (Fsp3) is 0.111. The van der Waals surface area contributed by atoms with Gasteiger partial charge in [0.1, 0.15) is 5.76 Å². The molecule has 0 spiro atoms. The van der Waals surface area contributed by atoms with Crippen molar-refractivity contribution in [3.8, 4) is 0 Å². The molecular weight excluding hydrogens is 202 g/mol. The second-order valence-electron chi connectivity index (χ2n) is 2.72. The van der Waals surface area contributed by atoms with E-state index in [1.54, 1.807) is 23.7 Å². The van der Waals surface area contributed by atoms with Crippen LogP contribution in [0.3, 0.4) is 0 Å². The first kappa shape index (κ1) is 8.96. The number of thiazole rings is 1. The summed E-state index contributed by atoms with van der Waals surface area (Å²) in [5.41, 5.74) is 0. The van der Waals surface area contributed by atoms with Gasteiger partial charge in [0.25, 0.3) is 0 Å². The standard InChI is InChI=1S/C9H7NO3S/c11-6-8-2-1-7(13-8)5-10-3-4-14-9(10)12/h1-4,6H,5H2. The molecule has 0 atom stereocenters. The van der Waals surface area contributed by atoms with Gasteiger partial charge in [0.15, 0.2) is 12.0 Å². The van der Waals surface area contributed by atoms with Crippen LogP contribution in [0.2, 0.25) is 0 Å². The Morgan fingerprint density at radius 1 is 1.50 bits per heavy atom. The summed E-state index contributed by atoms with van der Waals surface area (Å²) in [5, 5.41) is 1.71. The Balaban J connectivity index is 2.23. The van der Waals surface area contributed by atoms with Crippen LogP contribution >= 0.6 is 11.3 Å². The number of hydrogen-bond acceptors (Lipinski definition) is 4. The smallest absolute Gasteiger partial charge is 0.307 e. The number of aromatic nitrogens is 1. The van der Waals surface area contributed by atoms with Crippen LogP contribution in [0.25, 0.3) is 0 Å². The molecule has 2 heterocycles. The highest BCUT2D eigenvalue weighted by atomic mass is 32.1. The average Bonchev–Trinajstić information content (AvgIpc) is 2.77. The van der Waals surface area contributed by atoms with Crippen LogP contribution in [-0.2, 0) is 6.54 Å². The second kappa shape index (κ2) is 3.63. The molecule has 14 heavy (non-hydrogen) atoms. The molecule has 0 aliphatic carbocycles. The Bertz CT molecular complexity index is 494. The summed E-state index contributed by atoms with van der Waals surface area (Å²) >= 11 is 1.13. The van der Waals surface area contributed by atoms with Crippen molar-refractivity contribution in [2.24, 2.45) is 0 Å². The van der Waals surface area contributed by atoms with E-state index in [1.807, 2.05) is 0 Å². The maximum Gasteiger partial charge on any atom is 0.307 e. The van der Waals surface area contributed by atoms with Crippen LogP contribution in [0.1, 0.15) is 16.3 Å². The fourth-order valence-electron chi connectivity index (χ4n) is 1.12. The third kappa shape index (κ3) is 1.67. The number of furan rings is 1. The number of carbonyl (C=O) groups is 1. The van der Waals surface area contributed by atoms with Gasteiger partial charge >= 0.3 is 4.87 Å². The van der Waals surface area contributed by atoms with Crippen molar-refractivity contribution in [3.63, 3.8) is 0 Å². The Hall–Kier alpha value is -1.62. The highest BCUT2D eigenvalue weighted by Crippen LogP contribution is 2.07. The van der Waals surface area contributed by atoms with Crippen LogP contribution < -0.4 is 4.87 Å². The molecule has 0 saturated carbocycles. The van der Waals surface area contributed by atoms with Crippen LogP contribution in [0.4, 0.5) is 0 Å². The van der Waals surface area contributed by atoms with E-state index in [-0.39, 0.29) is 10.6 Å². The quantitative estimate of drug-likeness (QED) is 0.717. The first-order valence-corrected chi connectivity index (χ1v) is 4.85. The molecule has 72 valence electrons. The van der Waals surface area contributed by atoms with Gasteiger partial charge in [-0.05, 0) is 12.1 Å². The number of aldehydes is 1. The summed E-state index contributed by atoms with van der Waals surface area (Å²) < 4.78 is 6.66. The van der Waals surface area contributed by atoms with Gasteiger partial charge in [0.2, 0.25) is 0 Å². The Morgan fingerprint density at radius 2 is 2.36 bits per heavy atom. The monoisotopic (exact) mass is 209 g/mol. The summed E-state index contributed by atoms with van der Waals surface area (Å²) in [4.78, 5) is 21.5. The Kier molecular flexibility index (Phi) is 2.32. The van der Waals surface area contributed by atoms with Gasteiger partial charge in [-0.15, -0.1) is 0 Å². The van der Waals surface area contributed by atoms with Gasteiger partial charge in [-0.3, -0.25) is 14.2 Å². The van der Waals surface area contributed by atoms with Gasteiger partial charge in [0, 0.05) is 11.6 Å². The number of nitrogens with zero attached hydrogens (tertiary/aromatic N) is 1. The lowest BCUT2D eigenvalue weighted by Crippen LogP contribution is -2.11. The fourth-order valence-corrected chi connectivity index (χ4v) is 1.70. The van der Waals surface area contributed by atoms with Crippen LogP contribution in [0.5, 0.6) is 0 Å². The molecule has 4 nitrogen and oxygen atoms in total. The van der Waals surface area contributed by atoms with Crippen LogP contribution in [-0.4, -0.2) is 10.9 Å². The maximum atomic E-state index is 11.2. The van der Waals surface area contributed by atoms with Crippen molar-refractivity contribution in [2.45, 2.75) is 6.54 Å². The highest BCUT2D eigenvalue weighted by Gasteiger charge is 2.03. The van der Waals surface area contributed by atoms with E-state index in [9.17, 15) is 9.59 Å². The van der Waals surface area contributed by atoms with Crippen LogP contribution in [0, 0.1) is 0 Å². The van der Waals surface area contributed by atoms with E-state index in [4.69, 9.17) is 4.42 Å². The molecule has 0 bridgehead atoms. The minimum absolute atomic E-state index is 0.0333. The predicted molar refractivity (Wildman–Crippen MR) is 51.8 cm³/mol. The molecule has 5 heteroatoms. The molecule has 0 N–H and O–H groups in total. The Labute approximate surface area is 83.4 Å². The minimum Gasteiger partial charge on any atom is -0.456 e.